The molecule has 0 aliphatic heterocycles. The first-order chi connectivity index (χ1) is 6.57. The van der Waals surface area contributed by atoms with Crippen molar-refractivity contribution in [3.8, 4) is 0 Å². The Hall–Kier alpha value is -0.930. The first-order valence-corrected chi connectivity index (χ1v) is 4.65. The number of unbranched alkanes of at least 4 members (excludes halogenated alkanes) is 2. The number of methoxy groups -OCH3 is 1. The number of ether oxygens (including phenoxy) is 1. The topological polar surface area (TPSA) is 26.3 Å². The van der Waals surface area contributed by atoms with Crippen molar-refractivity contribution in [1.29, 1.82) is 0 Å². The molecule has 0 aromatic rings. The quantitative estimate of drug-likeness (QED) is 0.492. The van der Waals surface area contributed by atoms with E-state index in [1.807, 2.05) is 0 Å². The van der Waals surface area contributed by atoms with Crippen molar-refractivity contribution in [3.05, 3.63) is 11.7 Å². The highest BCUT2D eigenvalue weighted by atomic mass is 19.3. The van der Waals surface area contributed by atoms with Crippen LogP contribution in [0.3, 0.4) is 0 Å². The highest BCUT2D eigenvalue weighted by molar-refractivity contribution is 5.68. The van der Waals surface area contributed by atoms with Gasteiger partial charge in [0.05, 0.1) is 7.11 Å². The lowest BCUT2D eigenvalue weighted by Crippen LogP contribution is -1.99. The number of carbonyl (C=O) groups is 1. The number of hydrogen-bond acceptors (Lipinski definition) is 2. The van der Waals surface area contributed by atoms with Crippen LogP contribution in [0, 0.1) is 0 Å². The third-order valence-corrected chi connectivity index (χ3v) is 1.98. The molecule has 4 heteroatoms. The number of carbonyl (C=O) groups excluding carboxylic acids is 1. The zero-order chi connectivity index (χ0) is 11.0. The number of hydrogen-bond donors (Lipinski definition) is 0. The summed E-state index contributed by atoms with van der Waals surface area (Å²) in [5.41, 5.74) is 0.142. The van der Waals surface area contributed by atoms with Crippen molar-refractivity contribution in [1.82, 2.24) is 0 Å². The van der Waals surface area contributed by atoms with E-state index in [0.717, 1.165) is 6.42 Å². The van der Waals surface area contributed by atoms with Crippen LogP contribution in [-0.4, -0.2) is 13.1 Å². The monoisotopic (exact) mass is 206 g/mol. The van der Waals surface area contributed by atoms with Crippen LogP contribution >= 0.6 is 0 Å². The molecule has 0 heterocycles. The minimum Gasteiger partial charge on any atom is -0.469 e. The summed E-state index contributed by atoms with van der Waals surface area (Å²) in [5.74, 6) is -0.242. The van der Waals surface area contributed by atoms with E-state index in [9.17, 15) is 13.6 Å². The van der Waals surface area contributed by atoms with Crippen LogP contribution in [0.5, 0.6) is 0 Å². The van der Waals surface area contributed by atoms with Crippen molar-refractivity contribution in [3.63, 3.8) is 0 Å². The van der Waals surface area contributed by atoms with Gasteiger partial charge in [0.2, 0.25) is 0 Å². The molecule has 0 atom stereocenters. The lowest BCUT2D eigenvalue weighted by molar-refractivity contribution is -0.140. The minimum absolute atomic E-state index is 0.142. The molecule has 0 aliphatic rings. The highest BCUT2D eigenvalue weighted by Crippen LogP contribution is 2.15. The van der Waals surface area contributed by atoms with E-state index in [4.69, 9.17) is 0 Å². The zero-order valence-electron chi connectivity index (χ0n) is 8.61. The molecule has 0 saturated carbocycles. The Morgan fingerprint density at radius 2 is 1.71 bits per heavy atom. The van der Waals surface area contributed by atoms with Crippen LogP contribution in [0.1, 0.15) is 39.0 Å². The molecule has 0 aliphatic carbocycles. The molecule has 0 aromatic carbocycles. The molecule has 2 nitrogen and oxygen atoms in total. The number of halogens is 2. The third kappa shape index (κ3) is 6.57. The SMILES string of the molecule is COC(=O)CCCCCC(C)=C(F)F. The van der Waals surface area contributed by atoms with Crippen LogP contribution in [0.4, 0.5) is 8.78 Å². The largest absolute Gasteiger partial charge is 0.469 e. The summed E-state index contributed by atoms with van der Waals surface area (Å²) < 4.78 is 28.3. The standard InChI is InChI=1S/C10H16F2O2/c1-8(10(11)12)6-4-3-5-7-9(13)14-2/h3-7H2,1-2H3. The summed E-state index contributed by atoms with van der Waals surface area (Å²) in [4.78, 5) is 10.7. The van der Waals surface area contributed by atoms with E-state index >= 15 is 0 Å². The maximum absolute atomic E-state index is 11.9. The minimum atomic E-state index is -1.59. The van der Waals surface area contributed by atoms with Crippen molar-refractivity contribution in [2.24, 2.45) is 0 Å². The number of esters is 1. The maximum atomic E-state index is 11.9. The molecule has 14 heavy (non-hydrogen) atoms. The summed E-state index contributed by atoms with van der Waals surface area (Å²) in [7, 11) is 1.34. The molecule has 0 unspecified atom stereocenters. The predicted octanol–water partition coefficient (Wildman–Crippen LogP) is 3.28. The van der Waals surface area contributed by atoms with E-state index in [0.29, 0.717) is 25.7 Å². The molecule has 0 radical (unpaired) electrons. The van der Waals surface area contributed by atoms with Crippen molar-refractivity contribution >= 4 is 5.97 Å². The van der Waals surface area contributed by atoms with Gasteiger partial charge in [0, 0.05) is 6.42 Å². The van der Waals surface area contributed by atoms with Gasteiger partial charge >= 0.3 is 5.97 Å². The summed E-state index contributed by atoms with van der Waals surface area (Å²) in [5, 5.41) is 0. The third-order valence-electron chi connectivity index (χ3n) is 1.98. The molecule has 0 spiro atoms. The van der Waals surface area contributed by atoms with Gasteiger partial charge in [0.25, 0.3) is 6.08 Å². The molecule has 0 rings (SSSR count). The molecular weight excluding hydrogens is 190 g/mol. The van der Waals surface area contributed by atoms with Crippen LogP contribution in [0.15, 0.2) is 11.7 Å². The van der Waals surface area contributed by atoms with Gasteiger partial charge in [-0.25, -0.2) is 0 Å². The second kappa shape index (κ2) is 7.47. The average Bonchev–Trinajstić information content (AvgIpc) is 2.16. The Bertz CT molecular complexity index is 208. The fraction of sp³-hybridized carbons (Fsp3) is 0.700. The van der Waals surface area contributed by atoms with Crippen LogP contribution < -0.4 is 0 Å². The lowest BCUT2D eigenvalue weighted by Gasteiger charge is -2.00. The van der Waals surface area contributed by atoms with Gasteiger partial charge < -0.3 is 4.74 Å². The summed E-state index contributed by atoms with van der Waals surface area (Å²) in [6.07, 6.45) is 1.37. The first kappa shape index (κ1) is 13.1. The number of allylic oxidation sites excluding steroid dienone is 1. The van der Waals surface area contributed by atoms with E-state index in [-0.39, 0.29) is 11.5 Å². The smallest absolute Gasteiger partial charge is 0.305 e. The Labute approximate surface area is 82.9 Å². The Balaban J connectivity index is 3.39. The number of rotatable bonds is 6. The van der Waals surface area contributed by atoms with Gasteiger partial charge in [-0.3, -0.25) is 4.79 Å². The molecule has 0 saturated heterocycles. The van der Waals surface area contributed by atoms with E-state index in [1.165, 1.54) is 14.0 Å². The molecular formula is C10H16F2O2. The maximum Gasteiger partial charge on any atom is 0.305 e. The average molecular weight is 206 g/mol. The van der Waals surface area contributed by atoms with Crippen molar-refractivity contribution in [2.75, 3.05) is 7.11 Å². The Morgan fingerprint density at radius 1 is 1.14 bits per heavy atom. The van der Waals surface area contributed by atoms with Gasteiger partial charge in [-0.1, -0.05) is 6.42 Å². The van der Waals surface area contributed by atoms with Crippen LogP contribution in [-0.2, 0) is 9.53 Å². The molecule has 0 aromatic heterocycles. The lowest BCUT2D eigenvalue weighted by atomic mass is 10.1. The van der Waals surface area contributed by atoms with Gasteiger partial charge in [0.15, 0.2) is 0 Å². The molecule has 0 fully saturated rings. The van der Waals surface area contributed by atoms with Gasteiger partial charge in [-0.05, 0) is 31.8 Å². The van der Waals surface area contributed by atoms with Gasteiger partial charge in [0.1, 0.15) is 0 Å². The first-order valence-electron chi connectivity index (χ1n) is 4.65. The van der Waals surface area contributed by atoms with Gasteiger partial charge in [-0.2, -0.15) is 8.78 Å². The van der Waals surface area contributed by atoms with E-state index in [2.05, 4.69) is 4.74 Å². The van der Waals surface area contributed by atoms with E-state index < -0.39 is 6.08 Å². The van der Waals surface area contributed by atoms with Crippen molar-refractivity contribution < 1.29 is 18.3 Å². The van der Waals surface area contributed by atoms with Crippen molar-refractivity contribution in [2.45, 2.75) is 39.0 Å². The zero-order valence-corrected chi connectivity index (χ0v) is 8.61. The normalized spacial score (nSPS) is 9.71. The Morgan fingerprint density at radius 3 is 2.21 bits per heavy atom. The summed E-state index contributed by atoms with van der Waals surface area (Å²) in [6.45, 7) is 1.43. The van der Waals surface area contributed by atoms with Gasteiger partial charge in [-0.15, -0.1) is 0 Å². The fourth-order valence-electron chi connectivity index (χ4n) is 1.03. The predicted molar refractivity (Wildman–Crippen MR) is 50.0 cm³/mol. The molecule has 0 amide bonds. The molecule has 82 valence electrons. The second-order valence-corrected chi connectivity index (χ2v) is 3.18. The second-order valence-electron chi connectivity index (χ2n) is 3.18. The summed E-state index contributed by atoms with van der Waals surface area (Å²) >= 11 is 0. The fourth-order valence-corrected chi connectivity index (χ4v) is 1.03. The Kier molecular flexibility index (Phi) is 6.98. The van der Waals surface area contributed by atoms with E-state index in [1.54, 1.807) is 0 Å². The van der Waals surface area contributed by atoms with Crippen LogP contribution in [0.25, 0.3) is 0 Å². The summed E-state index contributed by atoms with van der Waals surface area (Å²) in [6, 6.07) is 0. The molecule has 0 bridgehead atoms. The molecule has 0 N–H and O–H groups in total. The highest BCUT2D eigenvalue weighted by Gasteiger charge is 2.01. The van der Waals surface area contributed by atoms with Crippen LogP contribution in [0.2, 0.25) is 0 Å².